The van der Waals surface area contributed by atoms with Gasteiger partial charge in [-0.1, -0.05) is 0 Å². The van der Waals surface area contributed by atoms with Gasteiger partial charge < -0.3 is 0 Å². The van der Waals surface area contributed by atoms with Crippen molar-refractivity contribution in [3.63, 3.8) is 0 Å². The van der Waals surface area contributed by atoms with E-state index in [-0.39, 0.29) is 5.82 Å². The van der Waals surface area contributed by atoms with Crippen LogP contribution in [-0.4, -0.2) is 21.1 Å². The molecule has 45 valence electrons. The number of hydrogen-bond donors (Lipinski definition) is 0. The monoisotopic (exact) mass is 247 g/mol. The molecule has 3 heteroatoms. The number of benzene rings is 1. The summed E-state index contributed by atoms with van der Waals surface area (Å²) in [6, 6.07) is 6.53. The zero-order valence-corrected chi connectivity index (χ0v) is 8.27. The summed E-state index contributed by atoms with van der Waals surface area (Å²) in [5.74, 6) is -0.163. The van der Waals surface area contributed by atoms with Crippen molar-refractivity contribution in [1.29, 1.82) is 0 Å². The fourth-order valence-corrected chi connectivity index (χ4v) is 1.94. The third-order valence-electron chi connectivity index (χ3n) is 0.931. The Morgan fingerprint density at radius 3 is 2.22 bits per heavy atom. The summed E-state index contributed by atoms with van der Waals surface area (Å²) in [5, 5.41) is 0. The second kappa shape index (κ2) is 3.46. The second-order valence-electron chi connectivity index (χ2n) is 1.56. The molecule has 0 N–H and O–H groups in total. The van der Waals surface area contributed by atoms with Crippen LogP contribution < -0.4 is 0 Å². The van der Waals surface area contributed by atoms with Crippen LogP contribution in [0.4, 0.5) is 4.39 Å². The Hall–Kier alpha value is 0.299. The molecule has 0 heterocycles. The zero-order chi connectivity index (χ0) is 6.69. The minimum atomic E-state index is -0.163. The van der Waals surface area contributed by atoms with E-state index in [9.17, 15) is 4.39 Å². The van der Waals surface area contributed by atoms with Crippen LogP contribution in [0, 0.1) is 5.82 Å². The number of hydrogen-bond acceptors (Lipinski definition) is 1. The molecule has 0 saturated carbocycles. The molecular weight excluding hydrogens is 242 g/mol. The summed E-state index contributed by atoms with van der Waals surface area (Å²) in [6.07, 6.45) is 0. The minimum absolute atomic E-state index is 0.163. The van der Waals surface area contributed by atoms with Crippen LogP contribution in [0.3, 0.4) is 0 Å². The Morgan fingerprint density at radius 1 is 1.22 bits per heavy atom. The average molecular weight is 246 g/mol. The summed E-state index contributed by atoms with van der Waals surface area (Å²) < 4.78 is 12.2. The molecule has 0 spiro atoms. The Morgan fingerprint density at radius 2 is 1.78 bits per heavy atom. The van der Waals surface area contributed by atoms with Crippen molar-refractivity contribution in [2.75, 3.05) is 0 Å². The van der Waals surface area contributed by atoms with Gasteiger partial charge in [0.05, 0.1) is 0 Å². The maximum absolute atomic E-state index is 12.2. The van der Waals surface area contributed by atoms with Gasteiger partial charge in [-0.15, -0.1) is 0 Å². The van der Waals surface area contributed by atoms with Gasteiger partial charge in [-0.25, -0.2) is 0 Å². The molecule has 0 nitrogen and oxygen atoms in total. The van der Waals surface area contributed by atoms with E-state index in [2.05, 4.69) is 0 Å². The van der Waals surface area contributed by atoms with Crippen molar-refractivity contribution in [1.82, 2.24) is 0 Å². The van der Waals surface area contributed by atoms with Crippen molar-refractivity contribution in [2.24, 2.45) is 0 Å². The molecule has 0 amide bonds. The van der Waals surface area contributed by atoms with Crippen LogP contribution in [-0.2, 0) is 0 Å². The molecule has 1 aromatic carbocycles. The van der Waals surface area contributed by atoms with E-state index in [4.69, 9.17) is 0 Å². The molecule has 0 aliphatic rings. The Bertz CT molecular complexity index is 185. The van der Waals surface area contributed by atoms with E-state index in [0.29, 0.717) is 0 Å². The summed E-state index contributed by atoms with van der Waals surface area (Å²) in [7, 11) is 1.70. The van der Waals surface area contributed by atoms with Gasteiger partial charge in [-0.05, 0) is 0 Å². The third-order valence-corrected chi connectivity index (χ3v) is 3.46. The summed E-state index contributed by atoms with van der Waals surface area (Å²) in [5.41, 5.74) is 0. The van der Waals surface area contributed by atoms with Crippen LogP contribution in [0.1, 0.15) is 0 Å². The van der Waals surface area contributed by atoms with Gasteiger partial charge in [0.25, 0.3) is 0 Å². The van der Waals surface area contributed by atoms with Crippen LogP contribution in [0.2, 0.25) is 0 Å². The molecule has 0 unspecified atom stereocenters. The van der Waals surface area contributed by atoms with Gasteiger partial charge >= 0.3 is 69.5 Å². The molecule has 1 rings (SSSR count). The SMILES string of the molecule is Fc1ccc([S][Sn])cc1. The van der Waals surface area contributed by atoms with Crippen LogP contribution in [0.15, 0.2) is 29.2 Å². The normalized spacial score (nSPS) is 9.56. The van der Waals surface area contributed by atoms with Crippen molar-refractivity contribution in [3.05, 3.63) is 30.1 Å². The fraction of sp³-hybridized carbons (Fsp3) is 0. The van der Waals surface area contributed by atoms with Crippen molar-refractivity contribution < 1.29 is 4.39 Å². The van der Waals surface area contributed by atoms with Gasteiger partial charge in [0.15, 0.2) is 0 Å². The van der Waals surface area contributed by atoms with Crippen molar-refractivity contribution in [3.8, 4) is 0 Å². The van der Waals surface area contributed by atoms with Gasteiger partial charge in [0, 0.05) is 0 Å². The predicted octanol–water partition coefficient (Wildman–Crippen LogP) is 2.00. The molecule has 0 aliphatic carbocycles. The summed E-state index contributed by atoms with van der Waals surface area (Å²) in [6.45, 7) is 0. The van der Waals surface area contributed by atoms with Gasteiger partial charge in [0.2, 0.25) is 0 Å². The predicted molar refractivity (Wildman–Crippen MR) is 38.0 cm³/mol. The standard InChI is InChI=1S/C6H5FS.Sn/c7-5-1-3-6(8)4-2-5;/h1-4,8H;/q;+1/p-1. The summed E-state index contributed by atoms with van der Waals surface area (Å²) in [4.78, 5) is 1.13. The first kappa shape index (κ1) is 7.41. The van der Waals surface area contributed by atoms with E-state index in [0.717, 1.165) is 4.90 Å². The van der Waals surface area contributed by atoms with E-state index in [1.807, 2.05) is 0 Å². The van der Waals surface area contributed by atoms with Crippen molar-refractivity contribution in [2.45, 2.75) is 4.90 Å². The van der Waals surface area contributed by atoms with Crippen LogP contribution in [0.25, 0.3) is 0 Å². The third kappa shape index (κ3) is 2.18. The molecule has 0 fully saturated rings. The Kier molecular flexibility index (Phi) is 2.85. The fourth-order valence-electron chi connectivity index (χ4n) is 0.503. The van der Waals surface area contributed by atoms with Crippen molar-refractivity contribution >= 4 is 30.1 Å². The first-order chi connectivity index (χ1) is 4.33. The van der Waals surface area contributed by atoms with E-state index in [1.54, 1.807) is 21.1 Å². The van der Waals surface area contributed by atoms with Crippen LogP contribution >= 0.6 is 8.95 Å². The maximum atomic E-state index is 12.2. The summed E-state index contributed by atoms with van der Waals surface area (Å²) >= 11 is 1.38. The van der Waals surface area contributed by atoms with E-state index < -0.39 is 0 Å². The molecule has 0 atom stereocenters. The molecular formula is C6H4FSSn. The molecule has 0 aromatic heterocycles. The first-order valence-electron chi connectivity index (χ1n) is 2.42. The van der Waals surface area contributed by atoms with Gasteiger partial charge in [-0.2, -0.15) is 0 Å². The van der Waals surface area contributed by atoms with Gasteiger partial charge in [-0.3, -0.25) is 0 Å². The Balaban J connectivity index is 2.88. The van der Waals surface area contributed by atoms with Crippen LogP contribution in [0.5, 0.6) is 0 Å². The average Bonchev–Trinajstić information content (AvgIpc) is 1.90. The number of halogens is 1. The number of rotatable bonds is 1. The van der Waals surface area contributed by atoms with Gasteiger partial charge in [0.1, 0.15) is 0 Å². The molecule has 1 aromatic rings. The Labute approximate surface area is 69.4 Å². The second-order valence-corrected chi connectivity index (χ2v) is 3.98. The molecule has 0 bridgehead atoms. The molecule has 3 radical (unpaired) electrons. The van der Waals surface area contributed by atoms with E-state index >= 15 is 0 Å². The first-order valence-corrected chi connectivity index (χ1v) is 6.73. The molecule has 9 heavy (non-hydrogen) atoms. The molecule has 0 aliphatic heterocycles. The topological polar surface area (TPSA) is 0 Å². The zero-order valence-electron chi connectivity index (χ0n) is 4.60. The quantitative estimate of drug-likeness (QED) is 0.683. The van der Waals surface area contributed by atoms with E-state index in [1.165, 1.54) is 33.3 Å². The molecule has 0 saturated heterocycles.